The molecule has 0 saturated heterocycles. The van der Waals surface area contributed by atoms with Gasteiger partial charge in [0.05, 0.1) is 23.4 Å². The summed E-state index contributed by atoms with van der Waals surface area (Å²) in [6.07, 6.45) is 2.83. The third-order valence-electron chi connectivity index (χ3n) is 2.43. The van der Waals surface area contributed by atoms with Gasteiger partial charge in [0.1, 0.15) is 11.6 Å². The number of hydrogen-bond acceptors (Lipinski definition) is 3. The first-order valence-corrected chi connectivity index (χ1v) is 5.74. The first-order valence-electron chi connectivity index (χ1n) is 5.36. The van der Waals surface area contributed by atoms with Crippen molar-refractivity contribution in [3.63, 3.8) is 0 Å². The van der Waals surface area contributed by atoms with Crippen molar-refractivity contribution in [3.8, 4) is 5.75 Å². The molecule has 2 aromatic rings. The summed E-state index contributed by atoms with van der Waals surface area (Å²) in [6, 6.07) is 5.32. The van der Waals surface area contributed by atoms with E-state index in [9.17, 15) is 9.18 Å². The Morgan fingerprint density at radius 1 is 1.42 bits per heavy atom. The molecule has 0 aliphatic carbocycles. The Kier molecular flexibility index (Phi) is 3.97. The van der Waals surface area contributed by atoms with Gasteiger partial charge in [-0.25, -0.2) is 4.39 Å². The lowest BCUT2D eigenvalue weighted by Gasteiger charge is -2.10. The number of halogens is 2. The van der Waals surface area contributed by atoms with Gasteiger partial charge in [0.2, 0.25) is 0 Å². The predicted octanol–water partition coefficient (Wildman–Crippen LogP) is 3.14. The summed E-state index contributed by atoms with van der Waals surface area (Å²) in [5.41, 5.74) is 0.643. The molecule has 0 bridgehead atoms. The standard InChI is InChI=1S/C13H10ClFN2O2/c1-19-12-6-8(15)2-3-11(12)17-13(18)9-4-5-16-7-10(9)14/h2-7H,1H3,(H,17,18). The van der Waals surface area contributed by atoms with Crippen LogP contribution in [0.3, 0.4) is 0 Å². The van der Waals surface area contributed by atoms with Gasteiger partial charge in [-0.1, -0.05) is 11.6 Å². The van der Waals surface area contributed by atoms with E-state index in [1.807, 2.05) is 0 Å². The summed E-state index contributed by atoms with van der Waals surface area (Å²) in [7, 11) is 1.39. The number of amides is 1. The number of nitrogens with zero attached hydrogens (tertiary/aromatic N) is 1. The zero-order chi connectivity index (χ0) is 13.8. The Morgan fingerprint density at radius 3 is 2.89 bits per heavy atom. The van der Waals surface area contributed by atoms with E-state index in [-0.39, 0.29) is 16.3 Å². The minimum Gasteiger partial charge on any atom is -0.494 e. The zero-order valence-electron chi connectivity index (χ0n) is 9.98. The van der Waals surface area contributed by atoms with Gasteiger partial charge in [-0.3, -0.25) is 9.78 Å². The number of aromatic nitrogens is 1. The molecule has 4 nitrogen and oxygen atoms in total. The third kappa shape index (κ3) is 3.00. The molecule has 0 radical (unpaired) electrons. The van der Waals surface area contributed by atoms with Gasteiger partial charge in [0.15, 0.2) is 0 Å². The molecular formula is C13H10ClFN2O2. The number of pyridine rings is 1. The lowest BCUT2D eigenvalue weighted by atomic mass is 10.2. The average molecular weight is 281 g/mol. The van der Waals surface area contributed by atoms with Crippen LogP contribution >= 0.6 is 11.6 Å². The Labute approximate surface area is 114 Å². The van der Waals surface area contributed by atoms with Crippen LogP contribution in [0.2, 0.25) is 5.02 Å². The predicted molar refractivity (Wildman–Crippen MR) is 70.2 cm³/mol. The van der Waals surface area contributed by atoms with Crippen LogP contribution < -0.4 is 10.1 Å². The van der Waals surface area contributed by atoms with Crippen molar-refractivity contribution in [3.05, 3.63) is 53.1 Å². The number of nitrogens with one attached hydrogen (secondary N) is 1. The highest BCUT2D eigenvalue weighted by atomic mass is 35.5. The number of ether oxygens (including phenoxy) is 1. The van der Waals surface area contributed by atoms with E-state index in [0.29, 0.717) is 5.69 Å². The minimum atomic E-state index is -0.447. The molecule has 98 valence electrons. The molecule has 2 rings (SSSR count). The van der Waals surface area contributed by atoms with E-state index < -0.39 is 11.7 Å². The Balaban J connectivity index is 2.27. The second-order valence-electron chi connectivity index (χ2n) is 3.65. The quantitative estimate of drug-likeness (QED) is 0.940. The Bertz CT molecular complexity index is 619. The van der Waals surface area contributed by atoms with Gasteiger partial charge < -0.3 is 10.1 Å². The number of rotatable bonds is 3. The lowest BCUT2D eigenvalue weighted by Crippen LogP contribution is -2.13. The fraction of sp³-hybridized carbons (Fsp3) is 0.0769. The molecule has 1 aromatic heterocycles. The van der Waals surface area contributed by atoms with Crippen molar-refractivity contribution in [1.29, 1.82) is 0 Å². The van der Waals surface area contributed by atoms with Crippen molar-refractivity contribution >= 4 is 23.2 Å². The van der Waals surface area contributed by atoms with E-state index in [1.165, 1.54) is 43.8 Å². The fourth-order valence-electron chi connectivity index (χ4n) is 1.52. The molecule has 0 fully saturated rings. The van der Waals surface area contributed by atoms with Crippen LogP contribution in [0.4, 0.5) is 10.1 Å². The summed E-state index contributed by atoms with van der Waals surface area (Å²) in [5.74, 6) is -0.632. The van der Waals surface area contributed by atoms with E-state index >= 15 is 0 Å². The number of carbonyl (C=O) groups is 1. The highest BCUT2D eigenvalue weighted by Gasteiger charge is 2.13. The topological polar surface area (TPSA) is 51.2 Å². The largest absolute Gasteiger partial charge is 0.494 e. The van der Waals surface area contributed by atoms with Gasteiger partial charge >= 0.3 is 0 Å². The average Bonchev–Trinajstić information content (AvgIpc) is 2.41. The van der Waals surface area contributed by atoms with Gasteiger partial charge in [-0.15, -0.1) is 0 Å². The summed E-state index contributed by atoms with van der Waals surface area (Å²) in [4.78, 5) is 15.8. The minimum absolute atomic E-state index is 0.235. The number of benzene rings is 1. The Morgan fingerprint density at radius 2 is 2.21 bits per heavy atom. The SMILES string of the molecule is COc1cc(F)ccc1NC(=O)c1ccncc1Cl. The monoisotopic (exact) mass is 280 g/mol. The van der Waals surface area contributed by atoms with Crippen molar-refractivity contribution < 1.29 is 13.9 Å². The van der Waals surface area contributed by atoms with Gasteiger partial charge in [-0.2, -0.15) is 0 Å². The first kappa shape index (κ1) is 13.3. The lowest BCUT2D eigenvalue weighted by molar-refractivity contribution is 0.102. The van der Waals surface area contributed by atoms with Crippen LogP contribution in [-0.4, -0.2) is 18.0 Å². The van der Waals surface area contributed by atoms with Crippen LogP contribution in [0, 0.1) is 5.82 Å². The molecule has 19 heavy (non-hydrogen) atoms. The Hall–Kier alpha value is -2.14. The molecule has 0 aliphatic rings. The first-order chi connectivity index (χ1) is 9.11. The molecule has 0 unspecified atom stereocenters. The van der Waals surface area contributed by atoms with Crippen LogP contribution in [0.15, 0.2) is 36.7 Å². The van der Waals surface area contributed by atoms with Crippen molar-refractivity contribution in [2.24, 2.45) is 0 Å². The van der Waals surface area contributed by atoms with E-state index in [1.54, 1.807) is 0 Å². The summed E-state index contributed by atoms with van der Waals surface area (Å²) in [6.45, 7) is 0. The van der Waals surface area contributed by atoms with Gasteiger partial charge in [0.25, 0.3) is 5.91 Å². The number of methoxy groups -OCH3 is 1. The molecule has 1 aromatic carbocycles. The van der Waals surface area contributed by atoms with Crippen molar-refractivity contribution in [1.82, 2.24) is 4.98 Å². The summed E-state index contributed by atoms with van der Waals surface area (Å²) >= 11 is 5.87. The van der Waals surface area contributed by atoms with E-state index in [4.69, 9.17) is 16.3 Å². The van der Waals surface area contributed by atoms with Gasteiger partial charge in [-0.05, 0) is 18.2 Å². The second-order valence-corrected chi connectivity index (χ2v) is 4.06. The van der Waals surface area contributed by atoms with Crippen LogP contribution in [-0.2, 0) is 0 Å². The fourth-order valence-corrected chi connectivity index (χ4v) is 1.72. The molecular weight excluding hydrogens is 271 g/mol. The maximum Gasteiger partial charge on any atom is 0.257 e. The molecule has 0 aliphatic heterocycles. The van der Waals surface area contributed by atoms with Gasteiger partial charge in [0, 0.05) is 18.5 Å². The molecule has 1 amide bonds. The smallest absolute Gasteiger partial charge is 0.257 e. The number of hydrogen-bond donors (Lipinski definition) is 1. The molecule has 1 N–H and O–H groups in total. The summed E-state index contributed by atoms with van der Waals surface area (Å²) in [5, 5.41) is 2.84. The van der Waals surface area contributed by atoms with Crippen molar-refractivity contribution in [2.75, 3.05) is 12.4 Å². The van der Waals surface area contributed by atoms with Crippen LogP contribution in [0.25, 0.3) is 0 Å². The zero-order valence-corrected chi connectivity index (χ0v) is 10.7. The van der Waals surface area contributed by atoms with E-state index in [2.05, 4.69) is 10.3 Å². The maximum atomic E-state index is 13.0. The number of anilines is 1. The molecule has 0 saturated carbocycles. The molecule has 0 atom stereocenters. The van der Waals surface area contributed by atoms with Crippen LogP contribution in [0.5, 0.6) is 5.75 Å². The highest BCUT2D eigenvalue weighted by molar-refractivity contribution is 6.34. The third-order valence-corrected chi connectivity index (χ3v) is 2.73. The van der Waals surface area contributed by atoms with E-state index in [0.717, 1.165) is 0 Å². The second kappa shape index (κ2) is 5.67. The normalized spacial score (nSPS) is 10.1. The maximum absolute atomic E-state index is 13.0. The molecule has 1 heterocycles. The molecule has 0 spiro atoms. The summed E-state index contributed by atoms with van der Waals surface area (Å²) < 4.78 is 18.0. The number of carbonyl (C=O) groups excluding carboxylic acids is 1. The van der Waals surface area contributed by atoms with Crippen molar-refractivity contribution in [2.45, 2.75) is 0 Å². The highest BCUT2D eigenvalue weighted by Crippen LogP contribution is 2.26. The molecule has 6 heteroatoms. The van der Waals surface area contributed by atoms with Crippen LogP contribution in [0.1, 0.15) is 10.4 Å².